The molecule has 4 atom stereocenters. The maximum atomic E-state index is 13.4. The molecule has 2 amide bonds. The van der Waals surface area contributed by atoms with E-state index in [2.05, 4.69) is 5.32 Å². The van der Waals surface area contributed by atoms with Crippen LogP contribution in [0.15, 0.2) is 71.8 Å². The summed E-state index contributed by atoms with van der Waals surface area (Å²) in [4.78, 5) is 28.2. The number of aliphatic hydroxyl groups is 2. The third kappa shape index (κ3) is 5.70. The molecule has 0 bridgehead atoms. The van der Waals surface area contributed by atoms with Crippen LogP contribution in [0.2, 0.25) is 0 Å². The number of nitrogens with one attached hydrogen (secondary N) is 1. The van der Waals surface area contributed by atoms with Crippen LogP contribution in [0.5, 0.6) is 11.5 Å². The highest BCUT2D eigenvalue weighted by molar-refractivity contribution is 5.96. The molecule has 4 rings (SSSR count). The van der Waals surface area contributed by atoms with E-state index in [1.54, 1.807) is 18.1 Å². The quantitative estimate of drug-likeness (QED) is 0.451. The lowest BCUT2D eigenvalue weighted by molar-refractivity contribution is -0.132. The standard InChI is InChI=1S/C29H34N2O6/c1-18(2)15-25(33)31(13-11-19-7-6-8-20(16-19)36-3)23-17-22(29(35)30-12-14-32)26-21-9-4-5-10-24(21)37-28(26)27(23)34/h4-10,15-17,23,26-28,32,34H,11-14H2,1-3H3,(H,30,35)/t23-,26+,27+,28+/m1/s1. The molecule has 8 nitrogen and oxygen atoms in total. The monoisotopic (exact) mass is 506 g/mol. The van der Waals surface area contributed by atoms with E-state index >= 15 is 0 Å². The van der Waals surface area contributed by atoms with Gasteiger partial charge in [-0.1, -0.05) is 35.9 Å². The number of carbonyl (C=O) groups is 2. The number of benzene rings is 2. The Hall–Kier alpha value is -3.62. The fourth-order valence-electron chi connectivity index (χ4n) is 5.00. The van der Waals surface area contributed by atoms with E-state index in [9.17, 15) is 19.8 Å². The van der Waals surface area contributed by atoms with Gasteiger partial charge in [-0.05, 0) is 50.1 Å². The molecule has 0 saturated carbocycles. The van der Waals surface area contributed by atoms with Gasteiger partial charge in [0.05, 0.1) is 25.7 Å². The molecule has 0 radical (unpaired) electrons. The summed E-state index contributed by atoms with van der Waals surface area (Å²) in [5.41, 5.74) is 3.03. The van der Waals surface area contributed by atoms with Crippen molar-refractivity contribution in [3.63, 3.8) is 0 Å². The highest BCUT2D eigenvalue weighted by atomic mass is 16.5. The average molecular weight is 507 g/mol. The molecule has 2 aliphatic rings. The van der Waals surface area contributed by atoms with Crippen LogP contribution in [0.25, 0.3) is 0 Å². The number of methoxy groups -OCH3 is 1. The number of rotatable bonds is 9. The van der Waals surface area contributed by atoms with E-state index in [-0.39, 0.29) is 25.0 Å². The Labute approximate surface area is 217 Å². The first-order valence-corrected chi connectivity index (χ1v) is 12.5. The zero-order chi connectivity index (χ0) is 26.5. The number of fused-ring (bicyclic) bond motifs is 3. The Bertz CT molecular complexity index is 1200. The van der Waals surface area contributed by atoms with Crippen LogP contribution < -0.4 is 14.8 Å². The third-order valence-corrected chi connectivity index (χ3v) is 6.71. The van der Waals surface area contributed by atoms with Crippen LogP contribution in [0.4, 0.5) is 0 Å². The van der Waals surface area contributed by atoms with Crippen molar-refractivity contribution < 1.29 is 29.3 Å². The first-order chi connectivity index (χ1) is 17.8. The molecule has 0 saturated heterocycles. The van der Waals surface area contributed by atoms with E-state index in [1.807, 2.05) is 62.4 Å². The molecule has 2 aromatic carbocycles. The Kier molecular flexibility index (Phi) is 8.31. The maximum absolute atomic E-state index is 13.4. The Morgan fingerprint density at radius 1 is 1.16 bits per heavy atom. The molecule has 3 N–H and O–H groups in total. The van der Waals surface area contributed by atoms with Crippen molar-refractivity contribution in [1.29, 1.82) is 0 Å². The van der Waals surface area contributed by atoms with Crippen molar-refractivity contribution in [2.75, 3.05) is 26.8 Å². The van der Waals surface area contributed by atoms with Crippen LogP contribution in [0.3, 0.4) is 0 Å². The Morgan fingerprint density at radius 3 is 2.68 bits per heavy atom. The van der Waals surface area contributed by atoms with Gasteiger partial charge in [0.25, 0.3) is 0 Å². The predicted octanol–water partition coefficient (Wildman–Crippen LogP) is 2.36. The van der Waals surface area contributed by atoms with Crippen molar-refractivity contribution in [3.05, 3.63) is 83.0 Å². The lowest BCUT2D eigenvalue weighted by atomic mass is 9.77. The van der Waals surface area contributed by atoms with E-state index < -0.39 is 24.2 Å². The van der Waals surface area contributed by atoms with Gasteiger partial charge < -0.3 is 29.9 Å². The molecule has 1 heterocycles. The second kappa shape index (κ2) is 11.6. The minimum Gasteiger partial charge on any atom is -0.497 e. The highest BCUT2D eigenvalue weighted by Gasteiger charge is 2.50. The minimum atomic E-state index is -1.06. The van der Waals surface area contributed by atoms with Crippen LogP contribution >= 0.6 is 0 Å². The van der Waals surface area contributed by atoms with E-state index in [0.29, 0.717) is 24.3 Å². The first kappa shape index (κ1) is 26.4. The minimum absolute atomic E-state index is 0.0968. The molecule has 0 spiro atoms. The summed E-state index contributed by atoms with van der Waals surface area (Å²) in [6.07, 6.45) is 1.95. The van der Waals surface area contributed by atoms with E-state index in [1.165, 1.54) is 6.08 Å². The zero-order valence-electron chi connectivity index (χ0n) is 21.4. The number of carbonyl (C=O) groups excluding carboxylic acids is 2. The van der Waals surface area contributed by atoms with Gasteiger partial charge in [-0.3, -0.25) is 9.59 Å². The van der Waals surface area contributed by atoms with Gasteiger partial charge in [-0.25, -0.2) is 0 Å². The molecular formula is C29H34N2O6. The van der Waals surface area contributed by atoms with Crippen molar-refractivity contribution in [1.82, 2.24) is 10.2 Å². The molecule has 37 heavy (non-hydrogen) atoms. The lowest BCUT2D eigenvalue weighted by Crippen LogP contribution is -2.56. The van der Waals surface area contributed by atoms with Gasteiger partial charge in [0.2, 0.25) is 11.8 Å². The summed E-state index contributed by atoms with van der Waals surface area (Å²) in [6.45, 7) is 3.89. The van der Waals surface area contributed by atoms with Gasteiger partial charge in [-0.15, -0.1) is 0 Å². The van der Waals surface area contributed by atoms with E-state index in [0.717, 1.165) is 22.4 Å². The van der Waals surface area contributed by atoms with Crippen LogP contribution in [-0.2, 0) is 16.0 Å². The fraction of sp³-hybridized carbons (Fsp3) is 0.379. The van der Waals surface area contributed by atoms with Crippen molar-refractivity contribution in [3.8, 4) is 11.5 Å². The summed E-state index contributed by atoms with van der Waals surface area (Å²) in [5.74, 6) is 0.229. The van der Waals surface area contributed by atoms with Crippen molar-refractivity contribution >= 4 is 11.8 Å². The number of allylic oxidation sites excluding steroid dienone is 1. The fourth-order valence-corrected chi connectivity index (χ4v) is 5.00. The average Bonchev–Trinajstić information content (AvgIpc) is 3.28. The maximum Gasteiger partial charge on any atom is 0.247 e. The highest BCUT2D eigenvalue weighted by Crippen LogP contribution is 2.47. The first-order valence-electron chi connectivity index (χ1n) is 12.5. The van der Waals surface area contributed by atoms with Gasteiger partial charge in [0, 0.05) is 30.3 Å². The lowest BCUT2D eigenvalue weighted by Gasteiger charge is -2.40. The van der Waals surface area contributed by atoms with Crippen LogP contribution in [0, 0.1) is 0 Å². The van der Waals surface area contributed by atoms with Gasteiger partial charge in [0.15, 0.2) is 0 Å². The molecule has 8 heteroatoms. The smallest absolute Gasteiger partial charge is 0.247 e. The van der Waals surface area contributed by atoms with Gasteiger partial charge in [0.1, 0.15) is 23.7 Å². The third-order valence-electron chi connectivity index (χ3n) is 6.71. The Balaban J connectivity index is 1.72. The number of amides is 2. The number of hydrogen-bond donors (Lipinski definition) is 3. The van der Waals surface area contributed by atoms with Crippen LogP contribution in [-0.4, -0.2) is 72.0 Å². The second-order valence-corrected chi connectivity index (χ2v) is 9.54. The molecule has 1 aliphatic carbocycles. The summed E-state index contributed by atoms with van der Waals surface area (Å²) < 4.78 is 11.5. The molecule has 1 aliphatic heterocycles. The predicted molar refractivity (Wildman–Crippen MR) is 139 cm³/mol. The molecule has 196 valence electrons. The Morgan fingerprint density at radius 2 is 1.95 bits per heavy atom. The largest absolute Gasteiger partial charge is 0.497 e. The topological polar surface area (TPSA) is 108 Å². The molecular weight excluding hydrogens is 472 g/mol. The SMILES string of the molecule is COc1cccc(CCN(C(=O)C=C(C)C)[C@@H]2C=C(C(=O)NCCO)[C@@H]3c4ccccc4O[C@@H]3[C@H]2O)c1. The summed E-state index contributed by atoms with van der Waals surface area (Å²) in [5, 5.41) is 23.5. The van der Waals surface area contributed by atoms with Gasteiger partial charge >= 0.3 is 0 Å². The van der Waals surface area contributed by atoms with E-state index in [4.69, 9.17) is 9.47 Å². The number of ether oxygens (including phenoxy) is 2. The van der Waals surface area contributed by atoms with Crippen molar-refractivity contribution in [2.45, 2.75) is 44.4 Å². The number of hydrogen-bond acceptors (Lipinski definition) is 6. The normalized spacial score (nSPS) is 21.6. The number of nitrogens with zero attached hydrogens (tertiary/aromatic N) is 1. The molecule has 0 aromatic heterocycles. The summed E-state index contributed by atoms with van der Waals surface area (Å²) >= 11 is 0. The summed E-state index contributed by atoms with van der Waals surface area (Å²) in [7, 11) is 1.60. The number of aliphatic hydroxyl groups excluding tert-OH is 2. The summed E-state index contributed by atoms with van der Waals surface area (Å²) in [6, 6.07) is 14.2. The van der Waals surface area contributed by atoms with Gasteiger partial charge in [-0.2, -0.15) is 0 Å². The van der Waals surface area contributed by atoms with Crippen molar-refractivity contribution in [2.24, 2.45) is 0 Å². The molecule has 2 aromatic rings. The zero-order valence-corrected chi connectivity index (χ0v) is 21.4. The molecule has 0 unspecified atom stereocenters. The second-order valence-electron chi connectivity index (χ2n) is 9.54. The molecule has 0 fully saturated rings. The number of para-hydroxylation sites is 1. The van der Waals surface area contributed by atoms with Crippen LogP contribution in [0.1, 0.15) is 30.9 Å².